The molecule has 0 aliphatic rings. The number of thioether (sulfide) groups is 1. The number of nitrogens with zero attached hydrogens (tertiary/aromatic N) is 5. The van der Waals surface area contributed by atoms with E-state index >= 15 is 0 Å². The first kappa shape index (κ1) is 20.3. The molecular formula is C15H21F3N6OS. The lowest BCUT2D eigenvalue weighted by Gasteiger charge is -2.08. The average molecular weight is 390 g/mol. The van der Waals surface area contributed by atoms with Gasteiger partial charge >= 0.3 is 6.18 Å². The molecule has 0 bridgehead atoms. The van der Waals surface area contributed by atoms with Crippen molar-refractivity contribution in [3.05, 3.63) is 11.8 Å². The Morgan fingerprint density at radius 2 is 2.04 bits per heavy atom. The van der Waals surface area contributed by atoms with Crippen LogP contribution < -0.4 is 5.32 Å². The number of carbonyl (C=O) groups is 1. The van der Waals surface area contributed by atoms with Gasteiger partial charge in [0, 0.05) is 20.1 Å². The van der Waals surface area contributed by atoms with Gasteiger partial charge in [-0.15, -0.1) is 10.2 Å². The van der Waals surface area contributed by atoms with Crippen molar-refractivity contribution in [2.24, 2.45) is 13.0 Å². The minimum Gasteiger partial charge on any atom is -0.355 e. The summed E-state index contributed by atoms with van der Waals surface area (Å²) < 4.78 is 41.3. The van der Waals surface area contributed by atoms with Crippen LogP contribution in [0.1, 0.15) is 26.5 Å². The van der Waals surface area contributed by atoms with Crippen LogP contribution in [0.25, 0.3) is 11.5 Å². The van der Waals surface area contributed by atoms with Crippen molar-refractivity contribution in [3.63, 3.8) is 0 Å². The molecule has 1 N–H and O–H groups in total. The topological polar surface area (TPSA) is 77.6 Å². The molecule has 0 atom stereocenters. The highest BCUT2D eigenvalue weighted by Gasteiger charge is 2.35. The number of hydrogen-bond donors (Lipinski definition) is 1. The normalized spacial score (nSPS) is 12.0. The summed E-state index contributed by atoms with van der Waals surface area (Å²) in [7, 11) is 1.23. The standard InChI is InChI=1S/C15H21F3N6OS/c1-5-24-13(10-6-11(15(16,17)18)23(4)22-10)20-21-14(24)26-8-12(25)19-7-9(2)3/h6,9H,5,7-8H2,1-4H3,(H,19,25). The van der Waals surface area contributed by atoms with Crippen LogP contribution in [-0.4, -0.2) is 42.7 Å². The van der Waals surface area contributed by atoms with E-state index in [9.17, 15) is 18.0 Å². The molecule has 11 heteroatoms. The second kappa shape index (κ2) is 8.11. The predicted octanol–water partition coefficient (Wildman–Crippen LogP) is 2.58. The number of hydrogen-bond acceptors (Lipinski definition) is 5. The fourth-order valence-corrected chi connectivity index (χ4v) is 3.04. The van der Waals surface area contributed by atoms with Crippen molar-refractivity contribution in [1.29, 1.82) is 0 Å². The van der Waals surface area contributed by atoms with Crippen LogP contribution in [0.2, 0.25) is 0 Å². The summed E-state index contributed by atoms with van der Waals surface area (Å²) in [6, 6.07) is 0.944. The lowest BCUT2D eigenvalue weighted by molar-refractivity contribution is -0.143. The molecule has 2 rings (SSSR count). The van der Waals surface area contributed by atoms with Crippen LogP contribution >= 0.6 is 11.8 Å². The highest BCUT2D eigenvalue weighted by Crippen LogP contribution is 2.32. The monoisotopic (exact) mass is 390 g/mol. The Kier molecular flexibility index (Phi) is 6.32. The maximum atomic E-state index is 13.0. The highest BCUT2D eigenvalue weighted by molar-refractivity contribution is 7.99. The van der Waals surface area contributed by atoms with Crippen molar-refractivity contribution < 1.29 is 18.0 Å². The van der Waals surface area contributed by atoms with E-state index in [1.54, 1.807) is 4.57 Å². The molecule has 0 fully saturated rings. The lowest BCUT2D eigenvalue weighted by atomic mass is 10.2. The summed E-state index contributed by atoms with van der Waals surface area (Å²) >= 11 is 1.18. The molecule has 1 amide bonds. The molecule has 144 valence electrons. The van der Waals surface area contributed by atoms with E-state index in [0.29, 0.717) is 24.2 Å². The van der Waals surface area contributed by atoms with Crippen LogP contribution in [0.3, 0.4) is 0 Å². The molecule has 0 aliphatic heterocycles. The van der Waals surface area contributed by atoms with Crippen molar-refractivity contribution in [2.75, 3.05) is 12.3 Å². The molecule has 0 saturated heterocycles. The molecule has 7 nitrogen and oxygen atoms in total. The summed E-state index contributed by atoms with van der Waals surface area (Å²) in [5, 5.41) is 15.1. The van der Waals surface area contributed by atoms with Crippen molar-refractivity contribution >= 4 is 17.7 Å². The third-order valence-electron chi connectivity index (χ3n) is 3.47. The zero-order valence-electron chi connectivity index (χ0n) is 15.0. The van der Waals surface area contributed by atoms with Crippen LogP contribution in [0, 0.1) is 5.92 Å². The fourth-order valence-electron chi connectivity index (χ4n) is 2.21. The number of nitrogens with one attached hydrogen (secondary N) is 1. The smallest absolute Gasteiger partial charge is 0.355 e. The molecule has 0 aromatic carbocycles. The molecule has 0 unspecified atom stereocenters. The Bertz CT molecular complexity index is 768. The number of rotatable bonds is 7. The summed E-state index contributed by atoms with van der Waals surface area (Å²) in [6.45, 7) is 6.84. The molecule has 0 spiro atoms. The number of carbonyl (C=O) groups excluding carboxylic acids is 1. The minimum absolute atomic E-state index is 0.0882. The number of amides is 1. The number of alkyl halides is 3. The van der Waals surface area contributed by atoms with Gasteiger partial charge in [-0.25, -0.2) is 0 Å². The van der Waals surface area contributed by atoms with Gasteiger partial charge < -0.3 is 9.88 Å². The number of aromatic nitrogens is 5. The van der Waals surface area contributed by atoms with Gasteiger partial charge in [0.15, 0.2) is 11.0 Å². The van der Waals surface area contributed by atoms with E-state index in [0.717, 1.165) is 10.7 Å². The molecule has 0 radical (unpaired) electrons. The zero-order chi connectivity index (χ0) is 19.5. The van der Waals surface area contributed by atoms with E-state index in [4.69, 9.17) is 0 Å². The van der Waals surface area contributed by atoms with Crippen molar-refractivity contribution in [2.45, 2.75) is 38.6 Å². The predicted molar refractivity (Wildman–Crippen MR) is 91.5 cm³/mol. The van der Waals surface area contributed by atoms with E-state index < -0.39 is 11.9 Å². The summed E-state index contributed by atoms with van der Waals surface area (Å²) in [5.74, 6) is 0.611. The molecule has 2 aromatic rings. The van der Waals surface area contributed by atoms with Gasteiger partial charge in [-0.2, -0.15) is 18.3 Å². The van der Waals surface area contributed by atoms with E-state index in [-0.39, 0.29) is 23.2 Å². The first-order valence-electron chi connectivity index (χ1n) is 8.07. The van der Waals surface area contributed by atoms with Crippen LogP contribution in [0.15, 0.2) is 11.2 Å². The number of aryl methyl sites for hydroxylation is 1. The minimum atomic E-state index is -4.50. The van der Waals surface area contributed by atoms with Gasteiger partial charge in [-0.3, -0.25) is 9.48 Å². The van der Waals surface area contributed by atoms with Gasteiger partial charge in [0.1, 0.15) is 11.4 Å². The maximum absolute atomic E-state index is 13.0. The fraction of sp³-hybridized carbons (Fsp3) is 0.600. The van der Waals surface area contributed by atoms with Gasteiger partial charge in [-0.05, 0) is 18.9 Å². The Balaban J connectivity index is 2.17. The first-order chi connectivity index (χ1) is 12.1. The van der Waals surface area contributed by atoms with E-state index in [2.05, 4.69) is 20.6 Å². The largest absolute Gasteiger partial charge is 0.433 e. The van der Waals surface area contributed by atoms with Gasteiger partial charge in [0.05, 0.1) is 5.75 Å². The average Bonchev–Trinajstić information content (AvgIpc) is 3.13. The SMILES string of the molecule is CCn1c(SCC(=O)NCC(C)C)nnc1-c1cc(C(F)(F)F)n(C)n1. The molecule has 2 aromatic heterocycles. The van der Waals surface area contributed by atoms with Crippen LogP contribution in [-0.2, 0) is 24.6 Å². The van der Waals surface area contributed by atoms with Crippen molar-refractivity contribution in [3.8, 4) is 11.5 Å². The van der Waals surface area contributed by atoms with Gasteiger partial charge in [-0.1, -0.05) is 25.6 Å². The van der Waals surface area contributed by atoms with Crippen LogP contribution in [0.4, 0.5) is 13.2 Å². The number of halogens is 3. The third-order valence-corrected chi connectivity index (χ3v) is 4.44. The molecule has 26 heavy (non-hydrogen) atoms. The summed E-state index contributed by atoms with van der Waals surface area (Å²) in [6.07, 6.45) is -4.50. The van der Waals surface area contributed by atoms with E-state index in [1.165, 1.54) is 18.8 Å². The second-order valence-corrected chi connectivity index (χ2v) is 7.02. The highest BCUT2D eigenvalue weighted by atomic mass is 32.2. The summed E-state index contributed by atoms with van der Waals surface area (Å²) in [5.41, 5.74) is -0.772. The maximum Gasteiger partial charge on any atom is 0.433 e. The molecule has 0 saturated carbocycles. The quantitative estimate of drug-likeness (QED) is 0.736. The first-order valence-corrected chi connectivity index (χ1v) is 9.06. The molecule has 2 heterocycles. The zero-order valence-corrected chi connectivity index (χ0v) is 15.8. The molecular weight excluding hydrogens is 369 g/mol. The lowest BCUT2D eigenvalue weighted by Crippen LogP contribution is -2.28. The Morgan fingerprint density at radius 3 is 2.58 bits per heavy atom. The molecule has 0 aliphatic carbocycles. The van der Waals surface area contributed by atoms with Crippen LogP contribution in [0.5, 0.6) is 0 Å². The van der Waals surface area contributed by atoms with Gasteiger partial charge in [0.2, 0.25) is 5.91 Å². The summed E-state index contributed by atoms with van der Waals surface area (Å²) in [4.78, 5) is 11.8. The Morgan fingerprint density at radius 1 is 1.35 bits per heavy atom. The Hall–Kier alpha value is -2.04. The second-order valence-electron chi connectivity index (χ2n) is 6.07. The third kappa shape index (κ3) is 4.77. The van der Waals surface area contributed by atoms with Crippen molar-refractivity contribution in [1.82, 2.24) is 29.9 Å². The Labute approximate surface area is 153 Å². The van der Waals surface area contributed by atoms with Gasteiger partial charge in [0.25, 0.3) is 0 Å². The van der Waals surface area contributed by atoms with E-state index in [1.807, 2.05) is 20.8 Å².